The van der Waals surface area contributed by atoms with Gasteiger partial charge in [0.25, 0.3) is 5.91 Å². The molecule has 1 aliphatic carbocycles. The Bertz CT molecular complexity index is 1280. The zero-order valence-electron chi connectivity index (χ0n) is 20.1. The van der Waals surface area contributed by atoms with E-state index in [4.69, 9.17) is 4.74 Å². The van der Waals surface area contributed by atoms with Crippen molar-refractivity contribution in [1.82, 2.24) is 20.1 Å². The molecule has 1 N–H and O–H groups in total. The number of amides is 3. The first-order valence-corrected chi connectivity index (χ1v) is 12.6. The molecule has 9 nitrogen and oxygen atoms in total. The lowest BCUT2D eigenvalue weighted by Gasteiger charge is -2.29. The number of imide groups is 1. The van der Waals surface area contributed by atoms with Gasteiger partial charge in [0.1, 0.15) is 12.1 Å². The van der Waals surface area contributed by atoms with E-state index < -0.39 is 11.9 Å². The lowest BCUT2D eigenvalue weighted by molar-refractivity contribution is -0.149. The summed E-state index contributed by atoms with van der Waals surface area (Å²) in [7, 11) is 0. The highest BCUT2D eigenvalue weighted by Crippen LogP contribution is 2.50. The predicted molar refractivity (Wildman–Crippen MR) is 128 cm³/mol. The first kappa shape index (κ1) is 22.8. The molecule has 4 unspecified atom stereocenters. The molecule has 1 aromatic heterocycles. The molecule has 0 bridgehead atoms. The summed E-state index contributed by atoms with van der Waals surface area (Å²) >= 11 is 0. The highest BCUT2D eigenvalue weighted by atomic mass is 16.5. The molecule has 6 rings (SSSR count). The van der Waals surface area contributed by atoms with Crippen LogP contribution in [0.4, 0.5) is 0 Å². The van der Waals surface area contributed by atoms with Crippen LogP contribution >= 0.6 is 0 Å². The molecule has 186 valence electrons. The normalized spacial score (nSPS) is 27.0. The van der Waals surface area contributed by atoms with Crippen LogP contribution in [0.25, 0.3) is 11.3 Å². The highest BCUT2D eigenvalue weighted by Gasteiger charge is 2.55. The van der Waals surface area contributed by atoms with E-state index in [1.165, 1.54) is 0 Å². The van der Waals surface area contributed by atoms with Crippen LogP contribution in [-0.2, 0) is 32.2 Å². The Kier molecular flexibility index (Phi) is 5.59. The van der Waals surface area contributed by atoms with Crippen LogP contribution in [0.15, 0.2) is 36.5 Å². The SMILES string of the molecule is CCOC(=O)C1C2CC2CN1Cc1ccnc(-c2ccc3c(c2)CN(C2CCC(=O)NC2=O)C3=O)c1. The third-order valence-corrected chi connectivity index (χ3v) is 7.80. The Morgan fingerprint density at radius 1 is 1.19 bits per heavy atom. The number of hydrogen-bond donors (Lipinski definition) is 1. The van der Waals surface area contributed by atoms with Crippen molar-refractivity contribution in [2.45, 2.75) is 51.4 Å². The van der Waals surface area contributed by atoms with Crippen molar-refractivity contribution in [3.63, 3.8) is 0 Å². The van der Waals surface area contributed by atoms with Gasteiger partial charge >= 0.3 is 5.97 Å². The molecule has 4 heterocycles. The standard InChI is InChI=1S/C27H28N4O5/c1-2-36-27(35)24-20-11-18(20)13-30(24)12-15-7-8-28-21(9-15)16-3-4-19-17(10-16)14-31(26(19)34)22-5-6-23(32)29-25(22)33/h3-4,7-10,18,20,22,24H,2,5-6,11-14H2,1H3,(H,29,32,33). The Hall–Kier alpha value is -3.59. The van der Waals surface area contributed by atoms with E-state index in [-0.39, 0.29) is 30.2 Å². The average molecular weight is 489 g/mol. The highest BCUT2D eigenvalue weighted by molar-refractivity contribution is 6.05. The number of nitrogens with one attached hydrogen (secondary N) is 1. The van der Waals surface area contributed by atoms with E-state index in [9.17, 15) is 19.2 Å². The Morgan fingerprint density at radius 3 is 2.86 bits per heavy atom. The summed E-state index contributed by atoms with van der Waals surface area (Å²) in [5.74, 6) is -0.0314. The van der Waals surface area contributed by atoms with Gasteiger partial charge in [-0.15, -0.1) is 0 Å². The van der Waals surface area contributed by atoms with Gasteiger partial charge in [0.15, 0.2) is 0 Å². The van der Waals surface area contributed by atoms with E-state index in [0.29, 0.717) is 43.5 Å². The van der Waals surface area contributed by atoms with Crippen LogP contribution in [0.3, 0.4) is 0 Å². The maximum Gasteiger partial charge on any atom is 0.323 e. The van der Waals surface area contributed by atoms with Gasteiger partial charge in [-0.1, -0.05) is 6.07 Å². The van der Waals surface area contributed by atoms with Crippen molar-refractivity contribution in [3.8, 4) is 11.3 Å². The van der Waals surface area contributed by atoms with Gasteiger partial charge in [0.2, 0.25) is 11.8 Å². The molecule has 4 atom stereocenters. The lowest BCUT2D eigenvalue weighted by atomic mass is 10.0. The predicted octanol–water partition coefficient (Wildman–Crippen LogP) is 1.89. The number of pyridine rings is 1. The summed E-state index contributed by atoms with van der Waals surface area (Å²) in [6.45, 7) is 4.11. The number of aromatic nitrogens is 1. The summed E-state index contributed by atoms with van der Waals surface area (Å²) in [6.07, 6.45) is 3.44. The lowest BCUT2D eigenvalue weighted by Crippen LogP contribution is -2.52. The number of esters is 1. The summed E-state index contributed by atoms with van der Waals surface area (Å²) in [5, 5.41) is 2.33. The maximum absolute atomic E-state index is 13.0. The van der Waals surface area contributed by atoms with Crippen molar-refractivity contribution in [3.05, 3.63) is 53.2 Å². The minimum Gasteiger partial charge on any atom is -0.465 e. The number of likely N-dealkylation sites (tertiary alicyclic amines) is 1. The average Bonchev–Trinajstić information content (AvgIpc) is 3.40. The van der Waals surface area contributed by atoms with Gasteiger partial charge in [-0.05, 0) is 67.0 Å². The van der Waals surface area contributed by atoms with E-state index in [1.807, 2.05) is 31.2 Å². The molecule has 3 aliphatic heterocycles. The first-order chi connectivity index (χ1) is 17.4. The molecule has 0 radical (unpaired) electrons. The monoisotopic (exact) mass is 488 g/mol. The number of hydrogen-bond acceptors (Lipinski definition) is 7. The van der Waals surface area contributed by atoms with E-state index >= 15 is 0 Å². The number of ether oxygens (including phenoxy) is 1. The zero-order chi connectivity index (χ0) is 25.0. The number of nitrogens with zero attached hydrogens (tertiary/aromatic N) is 3. The fourth-order valence-corrected chi connectivity index (χ4v) is 5.97. The van der Waals surface area contributed by atoms with Crippen LogP contribution in [-0.4, -0.2) is 63.7 Å². The van der Waals surface area contributed by atoms with Gasteiger partial charge in [0.05, 0.1) is 12.3 Å². The Labute approximate surface area is 208 Å². The number of fused-ring (bicyclic) bond motifs is 2. The molecule has 2 saturated heterocycles. The minimum atomic E-state index is -0.633. The summed E-state index contributed by atoms with van der Waals surface area (Å²) < 4.78 is 5.33. The second-order valence-electron chi connectivity index (χ2n) is 10.1. The van der Waals surface area contributed by atoms with Crippen LogP contribution in [0.2, 0.25) is 0 Å². The molecule has 1 aromatic carbocycles. The molecule has 3 fully saturated rings. The Balaban J connectivity index is 1.19. The summed E-state index contributed by atoms with van der Waals surface area (Å²) in [5.41, 5.74) is 4.17. The topological polar surface area (TPSA) is 109 Å². The van der Waals surface area contributed by atoms with Crippen LogP contribution in [0.5, 0.6) is 0 Å². The maximum atomic E-state index is 13.0. The second-order valence-corrected chi connectivity index (χ2v) is 10.1. The minimum absolute atomic E-state index is 0.124. The van der Waals surface area contributed by atoms with E-state index in [2.05, 4.69) is 15.2 Å². The Morgan fingerprint density at radius 2 is 2.06 bits per heavy atom. The number of piperidine rings is 2. The molecule has 9 heteroatoms. The van der Waals surface area contributed by atoms with Gasteiger partial charge in [-0.3, -0.25) is 34.4 Å². The van der Waals surface area contributed by atoms with Crippen LogP contribution in [0.1, 0.15) is 47.7 Å². The van der Waals surface area contributed by atoms with Crippen LogP contribution in [0, 0.1) is 11.8 Å². The van der Waals surface area contributed by atoms with Crippen molar-refractivity contribution in [2.24, 2.45) is 11.8 Å². The number of benzene rings is 1. The molecule has 36 heavy (non-hydrogen) atoms. The molecule has 1 saturated carbocycles. The smallest absolute Gasteiger partial charge is 0.323 e. The number of rotatable bonds is 6. The third kappa shape index (κ3) is 3.97. The quantitative estimate of drug-likeness (QED) is 0.489. The largest absolute Gasteiger partial charge is 0.465 e. The molecule has 0 spiro atoms. The summed E-state index contributed by atoms with van der Waals surface area (Å²) in [4.78, 5) is 57.7. The van der Waals surface area contributed by atoms with Crippen molar-refractivity contribution in [2.75, 3.05) is 13.2 Å². The fourth-order valence-electron chi connectivity index (χ4n) is 5.97. The fraction of sp³-hybridized carbons (Fsp3) is 0.444. The summed E-state index contributed by atoms with van der Waals surface area (Å²) in [6, 6.07) is 8.82. The van der Waals surface area contributed by atoms with Crippen molar-refractivity contribution in [1.29, 1.82) is 0 Å². The molecular formula is C27H28N4O5. The van der Waals surface area contributed by atoms with Crippen LogP contribution < -0.4 is 5.32 Å². The molecule has 2 aromatic rings. The molecule has 4 aliphatic rings. The van der Waals surface area contributed by atoms with Gasteiger partial charge in [-0.2, -0.15) is 0 Å². The van der Waals surface area contributed by atoms with Gasteiger partial charge in [-0.25, -0.2) is 0 Å². The van der Waals surface area contributed by atoms with Gasteiger partial charge < -0.3 is 9.64 Å². The van der Waals surface area contributed by atoms with Gasteiger partial charge in [0, 0.05) is 43.4 Å². The first-order valence-electron chi connectivity index (χ1n) is 12.6. The zero-order valence-corrected chi connectivity index (χ0v) is 20.1. The van der Waals surface area contributed by atoms with Crippen molar-refractivity contribution >= 4 is 23.7 Å². The number of carbonyl (C=O) groups excluding carboxylic acids is 4. The number of carbonyl (C=O) groups is 4. The molecular weight excluding hydrogens is 460 g/mol. The third-order valence-electron chi connectivity index (χ3n) is 7.80. The van der Waals surface area contributed by atoms with E-state index in [0.717, 1.165) is 35.3 Å². The van der Waals surface area contributed by atoms with Crippen molar-refractivity contribution < 1.29 is 23.9 Å². The second kappa shape index (κ2) is 8.81. The van der Waals surface area contributed by atoms with E-state index in [1.54, 1.807) is 17.2 Å². The molecule has 3 amide bonds.